The molecule has 1 saturated heterocycles. The number of amides is 1. The molecule has 1 aromatic carbocycles. The van der Waals surface area contributed by atoms with Crippen molar-refractivity contribution in [2.24, 2.45) is 0 Å². The summed E-state index contributed by atoms with van der Waals surface area (Å²) in [7, 11) is 0. The monoisotopic (exact) mass is 318 g/mol. The molecule has 2 rings (SSSR count). The Morgan fingerprint density at radius 2 is 2.00 bits per heavy atom. The highest BCUT2D eigenvalue weighted by Crippen LogP contribution is 2.31. The van der Waals surface area contributed by atoms with E-state index in [0.29, 0.717) is 12.1 Å². The predicted octanol–water partition coefficient (Wildman–Crippen LogP) is 2.62. The molecule has 0 aliphatic carbocycles. The molecule has 22 heavy (non-hydrogen) atoms. The third-order valence-corrected chi connectivity index (χ3v) is 3.84. The van der Waals surface area contributed by atoms with Gasteiger partial charge in [-0.2, -0.15) is 8.78 Å². The van der Waals surface area contributed by atoms with Crippen LogP contribution >= 0.6 is 0 Å². The Morgan fingerprint density at radius 1 is 1.36 bits per heavy atom. The van der Waals surface area contributed by atoms with Crippen LogP contribution in [0.2, 0.25) is 0 Å². The first-order valence-corrected chi connectivity index (χ1v) is 7.14. The molecule has 0 saturated carbocycles. The van der Waals surface area contributed by atoms with E-state index in [-0.39, 0.29) is 13.1 Å². The zero-order valence-corrected chi connectivity index (χ0v) is 12.2. The van der Waals surface area contributed by atoms with E-state index in [2.05, 4.69) is 5.32 Å². The van der Waals surface area contributed by atoms with Crippen molar-refractivity contribution in [1.29, 1.82) is 0 Å². The molecule has 1 aliphatic heterocycles. The van der Waals surface area contributed by atoms with Crippen molar-refractivity contribution in [1.82, 2.24) is 10.2 Å². The molecule has 1 fully saturated rings. The number of carbonyl (C=O) groups excluding carboxylic acids is 1. The number of alkyl halides is 4. The fraction of sp³-hybridized carbons (Fsp3) is 0.533. The van der Waals surface area contributed by atoms with Crippen molar-refractivity contribution >= 4 is 5.91 Å². The Balaban J connectivity index is 2.26. The quantitative estimate of drug-likeness (QED) is 0.866. The Bertz CT molecular complexity index is 519. The molecule has 1 N–H and O–H groups in total. The smallest absolute Gasteiger partial charge is 0.328 e. The van der Waals surface area contributed by atoms with Crippen LogP contribution in [0.15, 0.2) is 24.3 Å². The van der Waals surface area contributed by atoms with Crippen molar-refractivity contribution in [3.63, 3.8) is 0 Å². The van der Waals surface area contributed by atoms with Crippen LogP contribution in [0.3, 0.4) is 0 Å². The molecule has 1 aliphatic rings. The fourth-order valence-electron chi connectivity index (χ4n) is 2.51. The van der Waals surface area contributed by atoms with Crippen LogP contribution in [0.25, 0.3) is 0 Å². The molecule has 1 heterocycles. The van der Waals surface area contributed by atoms with Crippen LogP contribution in [0, 0.1) is 0 Å². The molecule has 122 valence electrons. The average molecular weight is 318 g/mol. The van der Waals surface area contributed by atoms with E-state index in [0.717, 1.165) is 16.9 Å². The van der Waals surface area contributed by atoms with Crippen LogP contribution in [0.1, 0.15) is 24.1 Å². The fourth-order valence-corrected chi connectivity index (χ4v) is 2.51. The number of carbonyl (C=O) groups is 1. The minimum absolute atomic E-state index is 0.0264. The maximum atomic E-state index is 13.4. The Morgan fingerprint density at radius 3 is 2.55 bits per heavy atom. The third kappa shape index (κ3) is 3.24. The van der Waals surface area contributed by atoms with Crippen LogP contribution in [0.4, 0.5) is 17.6 Å². The summed E-state index contributed by atoms with van der Waals surface area (Å²) in [6.45, 7) is 2.52. The summed E-state index contributed by atoms with van der Waals surface area (Å²) in [5.41, 5.74) is 1.73. The Kier molecular flexibility index (Phi) is 5.05. The second-order valence-corrected chi connectivity index (χ2v) is 5.24. The number of hydrogen-bond donors (Lipinski definition) is 1. The number of benzene rings is 1. The van der Waals surface area contributed by atoms with Gasteiger partial charge in [-0.3, -0.25) is 4.79 Å². The molecule has 0 spiro atoms. The maximum absolute atomic E-state index is 13.4. The lowest BCUT2D eigenvalue weighted by Crippen LogP contribution is -2.55. The van der Waals surface area contributed by atoms with Gasteiger partial charge in [0.15, 0.2) is 0 Å². The number of nitrogens with zero attached hydrogens (tertiary/aromatic N) is 1. The lowest BCUT2D eigenvalue weighted by Gasteiger charge is -2.38. The van der Waals surface area contributed by atoms with Crippen LogP contribution in [-0.2, 0) is 11.2 Å². The highest BCUT2D eigenvalue weighted by atomic mass is 19.3. The summed E-state index contributed by atoms with van der Waals surface area (Å²) in [5, 5.41) is 3.00. The predicted molar refractivity (Wildman–Crippen MR) is 74.1 cm³/mol. The number of nitrogens with one attached hydrogen (secondary N) is 1. The van der Waals surface area contributed by atoms with E-state index < -0.39 is 24.3 Å². The van der Waals surface area contributed by atoms with Crippen LogP contribution in [-0.4, -0.2) is 42.8 Å². The SMILES string of the molecule is CCc1ccc(C2CNCCN2C(=O)C(F)(F)C(F)F)cc1. The largest absolute Gasteiger partial charge is 0.383 e. The van der Waals surface area contributed by atoms with E-state index in [1.807, 2.05) is 19.1 Å². The number of rotatable bonds is 4. The molecule has 1 amide bonds. The third-order valence-electron chi connectivity index (χ3n) is 3.84. The first kappa shape index (κ1) is 16.7. The minimum atomic E-state index is -4.65. The molecule has 0 bridgehead atoms. The summed E-state index contributed by atoms with van der Waals surface area (Å²) in [6.07, 6.45) is -3.17. The van der Waals surface area contributed by atoms with Crippen LogP contribution in [0.5, 0.6) is 0 Å². The summed E-state index contributed by atoms with van der Waals surface area (Å²) in [6, 6.07) is 6.52. The molecule has 1 aromatic rings. The molecule has 0 aromatic heterocycles. The normalized spacial score (nSPS) is 19.5. The van der Waals surface area contributed by atoms with E-state index in [1.165, 1.54) is 0 Å². The van der Waals surface area contributed by atoms with Gasteiger partial charge in [-0.1, -0.05) is 31.2 Å². The van der Waals surface area contributed by atoms with Gasteiger partial charge in [-0.15, -0.1) is 0 Å². The number of aryl methyl sites for hydroxylation is 1. The van der Waals surface area contributed by atoms with Gasteiger partial charge in [0.1, 0.15) is 0 Å². The highest BCUT2D eigenvalue weighted by Gasteiger charge is 2.52. The van der Waals surface area contributed by atoms with Gasteiger partial charge in [0, 0.05) is 19.6 Å². The molecular formula is C15H18F4N2O. The molecule has 3 nitrogen and oxygen atoms in total. The minimum Gasteiger partial charge on any atom is -0.328 e. The Labute approximate surface area is 126 Å². The van der Waals surface area contributed by atoms with Gasteiger partial charge in [-0.05, 0) is 17.5 Å². The van der Waals surface area contributed by atoms with Gasteiger partial charge >= 0.3 is 12.3 Å². The van der Waals surface area contributed by atoms with Gasteiger partial charge < -0.3 is 10.2 Å². The maximum Gasteiger partial charge on any atom is 0.383 e. The first-order chi connectivity index (χ1) is 10.4. The number of halogens is 4. The standard InChI is InChI=1S/C15H18F4N2O/c1-2-10-3-5-11(6-4-10)12-9-20-7-8-21(12)14(22)15(18,19)13(16)17/h3-6,12-13,20H,2,7-9H2,1H3. The summed E-state index contributed by atoms with van der Waals surface area (Å²) in [4.78, 5) is 12.7. The van der Waals surface area contributed by atoms with Gasteiger partial charge in [0.2, 0.25) is 0 Å². The van der Waals surface area contributed by atoms with Gasteiger partial charge in [0.05, 0.1) is 6.04 Å². The van der Waals surface area contributed by atoms with E-state index in [1.54, 1.807) is 12.1 Å². The summed E-state index contributed by atoms with van der Waals surface area (Å²) >= 11 is 0. The molecule has 1 atom stereocenters. The van der Waals surface area contributed by atoms with E-state index >= 15 is 0 Å². The van der Waals surface area contributed by atoms with Crippen molar-refractivity contribution in [2.75, 3.05) is 19.6 Å². The highest BCUT2D eigenvalue weighted by molar-refractivity contribution is 5.84. The van der Waals surface area contributed by atoms with Crippen LogP contribution < -0.4 is 5.32 Å². The second kappa shape index (κ2) is 6.64. The molecule has 1 unspecified atom stereocenters. The topological polar surface area (TPSA) is 32.3 Å². The first-order valence-electron chi connectivity index (χ1n) is 7.14. The molecule has 0 radical (unpaired) electrons. The van der Waals surface area contributed by atoms with Crippen molar-refractivity contribution in [2.45, 2.75) is 31.7 Å². The van der Waals surface area contributed by atoms with Crippen molar-refractivity contribution in [3.8, 4) is 0 Å². The summed E-state index contributed by atoms with van der Waals surface area (Å²) in [5.74, 6) is -6.47. The van der Waals surface area contributed by atoms with Crippen molar-refractivity contribution in [3.05, 3.63) is 35.4 Å². The van der Waals surface area contributed by atoms with Gasteiger partial charge in [0.25, 0.3) is 5.91 Å². The molecular weight excluding hydrogens is 300 g/mol. The second-order valence-electron chi connectivity index (χ2n) is 5.24. The van der Waals surface area contributed by atoms with Crippen molar-refractivity contribution < 1.29 is 22.4 Å². The number of hydrogen-bond acceptors (Lipinski definition) is 2. The lowest BCUT2D eigenvalue weighted by atomic mass is 10.00. The van der Waals surface area contributed by atoms with E-state index in [9.17, 15) is 22.4 Å². The van der Waals surface area contributed by atoms with E-state index in [4.69, 9.17) is 0 Å². The molecule has 7 heteroatoms. The average Bonchev–Trinajstić information content (AvgIpc) is 2.54. The Hall–Kier alpha value is -1.63. The lowest BCUT2D eigenvalue weighted by molar-refractivity contribution is -0.183. The zero-order valence-electron chi connectivity index (χ0n) is 12.2. The zero-order chi connectivity index (χ0) is 16.3. The summed E-state index contributed by atoms with van der Waals surface area (Å²) < 4.78 is 51.6. The van der Waals surface area contributed by atoms with Gasteiger partial charge in [-0.25, -0.2) is 8.78 Å². The number of piperazine rings is 1.